The smallest absolute Gasteiger partial charge is 0.296 e. The van der Waals surface area contributed by atoms with Crippen LogP contribution in [0, 0.1) is 0 Å². The van der Waals surface area contributed by atoms with Crippen LogP contribution in [0.5, 0.6) is 5.75 Å². The van der Waals surface area contributed by atoms with Gasteiger partial charge in [0.15, 0.2) is 10.1 Å². The van der Waals surface area contributed by atoms with Crippen molar-refractivity contribution in [2.24, 2.45) is 0 Å². The maximum absolute atomic E-state index is 13.5. The van der Waals surface area contributed by atoms with E-state index in [1.54, 1.807) is 60.0 Å². The third-order valence-corrected chi connectivity index (χ3v) is 9.29. The lowest BCUT2D eigenvalue weighted by atomic mass is 9.95. The average Bonchev–Trinajstić information content (AvgIpc) is 3.68. The number of anilines is 1. The summed E-state index contributed by atoms with van der Waals surface area (Å²) in [6.07, 6.45) is 1.63. The third kappa shape index (κ3) is 5.75. The van der Waals surface area contributed by atoms with Gasteiger partial charge in [0, 0.05) is 15.8 Å². The molecule has 2 aromatic heterocycles. The summed E-state index contributed by atoms with van der Waals surface area (Å²) >= 11 is 16.1. The van der Waals surface area contributed by atoms with Crippen LogP contribution in [0.15, 0.2) is 88.3 Å². The van der Waals surface area contributed by atoms with Gasteiger partial charge in [-0.3, -0.25) is 14.5 Å². The molecule has 1 aliphatic rings. The standard InChI is InChI=1S/C27H19Cl2N3O4S3/c1-2-11-36-18-9-6-15(7-10-18)22-21(23(33)20-4-3-12-37-20)24(34)25(35)32(22)26-30-31-27(39-26)38-14-16-5-8-17(28)13-19(16)29/h2-10,12-13,22,34H,1,11,14H2. The molecule has 7 nitrogen and oxygen atoms in total. The minimum atomic E-state index is -0.905. The van der Waals surface area contributed by atoms with Crippen molar-refractivity contribution >= 4 is 74.5 Å². The van der Waals surface area contributed by atoms with Crippen LogP contribution in [0.2, 0.25) is 10.0 Å². The predicted molar refractivity (Wildman–Crippen MR) is 157 cm³/mol. The van der Waals surface area contributed by atoms with Crippen LogP contribution < -0.4 is 9.64 Å². The number of amides is 1. The third-order valence-electron chi connectivity index (χ3n) is 5.73. The monoisotopic (exact) mass is 615 g/mol. The molecule has 0 bridgehead atoms. The number of hydrogen-bond donors (Lipinski definition) is 1. The largest absolute Gasteiger partial charge is 0.503 e. The molecule has 1 N–H and O–H groups in total. The van der Waals surface area contributed by atoms with Gasteiger partial charge in [0.2, 0.25) is 10.9 Å². The number of ketones is 1. The van der Waals surface area contributed by atoms with Crippen molar-refractivity contribution in [3.05, 3.63) is 110 Å². The SMILES string of the molecule is C=CCOc1ccc(C2C(C(=O)c3cccs3)=C(O)C(=O)N2c2nnc(SCc3ccc(Cl)cc3Cl)s2)cc1. The maximum atomic E-state index is 13.5. The van der Waals surface area contributed by atoms with Crippen molar-refractivity contribution in [2.75, 3.05) is 11.5 Å². The molecule has 1 amide bonds. The molecular formula is C27H19Cl2N3O4S3. The molecule has 0 spiro atoms. The highest BCUT2D eigenvalue weighted by atomic mass is 35.5. The number of aromatic nitrogens is 2. The number of nitrogens with zero attached hydrogens (tertiary/aromatic N) is 3. The first-order valence-corrected chi connectivity index (χ1v) is 14.9. The number of thiophene rings is 1. The van der Waals surface area contributed by atoms with Gasteiger partial charge in [0.25, 0.3) is 5.91 Å². The molecule has 4 aromatic rings. The highest BCUT2D eigenvalue weighted by molar-refractivity contribution is 8.00. The zero-order chi connectivity index (χ0) is 27.5. The van der Waals surface area contributed by atoms with E-state index in [0.717, 1.165) is 5.56 Å². The molecule has 2 aromatic carbocycles. The Morgan fingerprint density at radius 2 is 1.97 bits per heavy atom. The summed E-state index contributed by atoms with van der Waals surface area (Å²) in [6.45, 7) is 3.98. The van der Waals surface area contributed by atoms with Crippen molar-refractivity contribution in [1.29, 1.82) is 0 Å². The van der Waals surface area contributed by atoms with E-state index >= 15 is 0 Å². The van der Waals surface area contributed by atoms with Gasteiger partial charge in [-0.15, -0.1) is 21.5 Å². The van der Waals surface area contributed by atoms with Crippen LogP contribution in [0.4, 0.5) is 5.13 Å². The Bertz CT molecular complexity index is 1570. The van der Waals surface area contributed by atoms with Crippen molar-refractivity contribution in [1.82, 2.24) is 10.2 Å². The van der Waals surface area contributed by atoms with Crippen LogP contribution in [0.3, 0.4) is 0 Å². The van der Waals surface area contributed by atoms with Gasteiger partial charge in [-0.05, 0) is 46.8 Å². The highest BCUT2D eigenvalue weighted by Gasteiger charge is 2.46. The quantitative estimate of drug-likeness (QED) is 0.0852. The number of thioether (sulfide) groups is 1. The molecular weight excluding hydrogens is 597 g/mol. The second-order valence-corrected chi connectivity index (χ2v) is 12.2. The van der Waals surface area contributed by atoms with Gasteiger partial charge in [-0.25, -0.2) is 0 Å². The summed E-state index contributed by atoms with van der Waals surface area (Å²) in [5, 5.41) is 22.5. The molecule has 12 heteroatoms. The molecule has 0 saturated carbocycles. The Morgan fingerprint density at radius 1 is 1.18 bits per heavy atom. The van der Waals surface area contributed by atoms with E-state index < -0.39 is 23.5 Å². The number of aliphatic hydroxyl groups is 1. The van der Waals surface area contributed by atoms with Gasteiger partial charge in [-0.2, -0.15) is 0 Å². The van der Waals surface area contributed by atoms with E-state index in [9.17, 15) is 14.7 Å². The molecule has 198 valence electrons. The van der Waals surface area contributed by atoms with Gasteiger partial charge in [0.1, 0.15) is 12.4 Å². The van der Waals surface area contributed by atoms with Crippen molar-refractivity contribution in [3.8, 4) is 5.75 Å². The molecule has 0 aliphatic carbocycles. The summed E-state index contributed by atoms with van der Waals surface area (Å²) in [7, 11) is 0. The van der Waals surface area contributed by atoms with Crippen LogP contribution in [-0.2, 0) is 10.5 Å². The van der Waals surface area contributed by atoms with E-state index in [0.29, 0.717) is 42.9 Å². The first-order valence-electron chi connectivity index (χ1n) is 11.5. The molecule has 0 radical (unpaired) electrons. The number of carbonyl (C=O) groups is 2. The molecule has 0 saturated heterocycles. The van der Waals surface area contributed by atoms with Gasteiger partial charge >= 0.3 is 0 Å². The van der Waals surface area contributed by atoms with E-state index in [1.165, 1.54) is 39.3 Å². The summed E-state index contributed by atoms with van der Waals surface area (Å²) in [5.74, 6) is -0.640. The van der Waals surface area contributed by atoms with Gasteiger partial charge in [0.05, 0.1) is 16.5 Å². The van der Waals surface area contributed by atoms with Crippen LogP contribution in [-0.4, -0.2) is 33.6 Å². The Kier molecular flexibility index (Phi) is 8.39. The number of halogens is 2. The summed E-state index contributed by atoms with van der Waals surface area (Å²) < 4.78 is 6.17. The molecule has 5 rings (SSSR count). The van der Waals surface area contributed by atoms with E-state index in [4.69, 9.17) is 27.9 Å². The predicted octanol–water partition coefficient (Wildman–Crippen LogP) is 7.55. The second-order valence-electron chi connectivity index (χ2n) is 8.19. The van der Waals surface area contributed by atoms with E-state index in [2.05, 4.69) is 16.8 Å². The molecule has 3 heterocycles. The molecule has 39 heavy (non-hydrogen) atoms. The number of ether oxygens (including phenoxy) is 1. The van der Waals surface area contributed by atoms with Gasteiger partial charge in [-0.1, -0.05) is 83.2 Å². The molecule has 1 atom stereocenters. The summed E-state index contributed by atoms with van der Waals surface area (Å²) in [4.78, 5) is 28.6. The van der Waals surface area contributed by atoms with Crippen LogP contribution >= 0.6 is 57.6 Å². The highest BCUT2D eigenvalue weighted by Crippen LogP contribution is 2.44. The fourth-order valence-electron chi connectivity index (χ4n) is 3.93. The average molecular weight is 617 g/mol. The fourth-order valence-corrected chi connectivity index (χ4v) is 7.03. The summed E-state index contributed by atoms with van der Waals surface area (Å²) in [6, 6.07) is 14.7. The number of aliphatic hydroxyl groups excluding tert-OH is 1. The number of benzene rings is 2. The number of carbonyl (C=O) groups excluding carboxylic acids is 2. The zero-order valence-corrected chi connectivity index (χ0v) is 24.0. The first kappa shape index (κ1) is 27.4. The summed E-state index contributed by atoms with van der Waals surface area (Å²) in [5.41, 5.74) is 1.47. The minimum absolute atomic E-state index is 0.0143. The van der Waals surface area contributed by atoms with Crippen molar-refractivity contribution in [2.45, 2.75) is 16.1 Å². The Hall–Kier alpha value is -3.15. The number of Topliss-reactive ketones (excluding diaryl/α,β-unsaturated/α-hetero) is 1. The lowest BCUT2D eigenvalue weighted by Gasteiger charge is -2.24. The van der Waals surface area contributed by atoms with E-state index in [-0.39, 0.29) is 10.7 Å². The topological polar surface area (TPSA) is 92.6 Å². The molecule has 0 fully saturated rings. The molecule has 1 aliphatic heterocycles. The fraction of sp³-hybridized carbons (Fsp3) is 0.111. The first-order chi connectivity index (χ1) is 18.9. The normalized spacial score (nSPS) is 15.2. The van der Waals surface area contributed by atoms with Crippen molar-refractivity contribution < 1.29 is 19.4 Å². The van der Waals surface area contributed by atoms with E-state index in [1.807, 2.05) is 6.07 Å². The lowest BCUT2D eigenvalue weighted by Crippen LogP contribution is -2.31. The molecule has 1 unspecified atom stereocenters. The Balaban J connectivity index is 1.47. The van der Waals surface area contributed by atoms with Crippen LogP contribution in [0.1, 0.15) is 26.8 Å². The van der Waals surface area contributed by atoms with Gasteiger partial charge < -0.3 is 9.84 Å². The maximum Gasteiger partial charge on any atom is 0.296 e. The number of rotatable bonds is 10. The number of hydrogen-bond acceptors (Lipinski definition) is 9. The minimum Gasteiger partial charge on any atom is -0.503 e. The lowest BCUT2D eigenvalue weighted by molar-refractivity contribution is -0.117. The van der Waals surface area contributed by atoms with Crippen molar-refractivity contribution in [3.63, 3.8) is 0 Å². The zero-order valence-electron chi connectivity index (χ0n) is 20.0. The Morgan fingerprint density at radius 3 is 2.67 bits per heavy atom. The van der Waals surface area contributed by atoms with Crippen LogP contribution in [0.25, 0.3) is 0 Å². The second kappa shape index (κ2) is 11.9. The Labute approximate surface area is 246 Å².